The summed E-state index contributed by atoms with van der Waals surface area (Å²) in [6, 6.07) is 4.26. The van der Waals surface area contributed by atoms with Gasteiger partial charge >= 0.3 is 0 Å². The summed E-state index contributed by atoms with van der Waals surface area (Å²) in [4.78, 5) is 0. The molecule has 0 saturated heterocycles. The van der Waals surface area contributed by atoms with Crippen LogP contribution in [0.15, 0.2) is 6.07 Å². The van der Waals surface area contributed by atoms with Gasteiger partial charge in [0.05, 0.1) is 24.7 Å². The average Bonchev–Trinajstić information content (AvgIpc) is 2.77. The Morgan fingerprint density at radius 1 is 1.25 bits per heavy atom. The third kappa shape index (κ3) is 1.76. The Morgan fingerprint density at radius 2 is 1.85 bits per heavy atom. The Hall–Kier alpha value is -1.50. The molecule has 4 saturated carbocycles. The maximum atomic E-state index is 8.72. The molecule has 5 rings (SSSR count). The fourth-order valence-electron chi connectivity index (χ4n) is 5.45. The van der Waals surface area contributed by atoms with Crippen LogP contribution in [-0.2, 0) is 12.0 Å². The molecule has 4 bridgehead atoms. The van der Waals surface area contributed by atoms with Gasteiger partial charge in [0.1, 0.15) is 5.82 Å². The van der Waals surface area contributed by atoms with E-state index in [2.05, 4.69) is 12.1 Å². The van der Waals surface area contributed by atoms with Crippen molar-refractivity contribution in [2.24, 2.45) is 17.8 Å². The molecule has 0 aromatic carbocycles. The second-order valence-electron chi connectivity index (χ2n) is 7.28. The van der Waals surface area contributed by atoms with E-state index in [9.17, 15) is 0 Å². The van der Waals surface area contributed by atoms with Gasteiger partial charge in [-0.05, 0) is 56.3 Å². The molecule has 4 aliphatic rings. The van der Waals surface area contributed by atoms with Crippen molar-refractivity contribution in [3.8, 4) is 6.07 Å². The molecule has 4 heteroatoms. The zero-order valence-electron chi connectivity index (χ0n) is 11.9. The molecule has 0 radical (unpaired) electrons. The second kappa shape index (κ2) is 4.25. The van der Waals surface area contributed by atoms with Crippen LogP contribution in [0.5, 0.6) is 0 Å². The molecule has 0 spiro atoms. The Labute approximate surface area is 119 Å². The van der Waals surface area contributed by atoms with E-state index in [1.807, 2.05) is 4.68 Å². The van der Waals surface area contributed by atoms with Gasteiger partial charge in [0.15, 0.2) is 0 Å². The van der Waals surface area contributed by atoms with Crippen LogP contribution in [0.3, 0.4) is 0 Å². The fraction of sp³-hybridized carbons (Fsp3) is 0.750. The van der Waals surface area contributed by atoms with Crippen LogP contribution in [0, 0.1) is 29.1 Å². The van der Waals surface area contributed by atoms with Crippen molar-refractivity contribution in [2.75, 3.05) is 5.73 Å². The van der Waals surface area contributed by atoms with Crippen LogP contribution in [-0.4, -0.2) is 9.78 Å². The van der Waals surface area contributed by atoms with E-state index < -0.39 is 0 Å². The Morgan fingerprint density at radius 3 is 2.40 bits per heavy atom. The zero-order chi connectivity index (χ0) is 13.7. The number of rotatable bonds is 3. The molecular formula is C16H22N4. The lowest BCUT2D eigenvalue weighted by Gasteiger charge is -2.56. The van der Waals surface area contributed by atoms with Gasteiger partial charge in [-0.25, -0.2) is 4.68 Å². The van der Waals surface area contributed by atoms with Crippen LogP contribution in [0.1, 0.15) is 50.6 Å². The summed E-state index contributed by atoms with van der Waals surface area (Å²) in [7, 11) is 0. The lowest BCUT2D eigenvalue weighted by molar-refractivity contribution is -0.00747. The van der Waals surface area contributed by atoms with Gasteiger partial charge in [0.25, 0.3) is 0 Å². The van der Waals surface area contributed by atoms with E-state index in [1.165, 1.54) is 44.2 Å². The largest absolute Gasteiger partial charge is 0.384 e. The summed E-state index contributed by atoms with van der Waals surface area (Å²) in [5.41, 5.74) is 7.61. The molecule has 106 valence electrons. The molecule has 2 N–H and O–H groups in total. The van der Waals surface area contributed by atoms with Crippen molar-refractivity contribution >= 4 is 5.82 Å². The van der Waals surface area contributed by atoms with Crippen molar-refractivity contribution in [1.29, 1.82) is 5.26 Å². The average molecular weight is 270 g/mol. The van der Waals surface area contributed by atoms with Crippen LogP contribution in [0.25, 0.3) is 0 Å². The molecular weight excluding hydrogens is 248 g/mol. The van der Waals surface area contributed by atoms with Crippen LogP contribution >= 0.6 is 0 Å². The van der Waals surface area contributed by atoms with E-state index in [-0.39, 0.29) is 0 Å². The smallest absolute Gasteiger partial charge is 0.121 e. The lowest BCUT2D eigenvalue weighted by Crippen LogP contribution is -2.48. The minimum absolute atomic E-state index is 0.306. The SMILES string of the molecule is N#CCCn1nc(C23CC4CC(CC(C4)C2)C3)cc1N. The van der Waals surface area contributed by atoms with Gasteiger partial charge in [-0.15, -0.1) is 0 Å². The summed E-state index contributed by atoms with van der Waals surface area (Å²) in [6.07, 6.45) is 8.76. The summed E-state index contributed by atoms with van der Waals surface area (Å²) < 4.78 is 1.83. The molecule has 0 amide bonds. The van der Waals surface area contributed by atoms with Crippen molar-refractivity contribution in [1.82, 2.24) is 9.78 Å². The van der Waals surface area contributed by atoms with E-state index in [0.29, 0.717) is 18.4 Å². The van der Waals surface area contributed by atoms with Crippen LogP contribution in [0.4, 0.5) is 5.82 Å². The normalized spacial score (nSPS) is 38.0. The monoisotopic (exact) mass is 270 g/mol. The highest BCUT2D eigenvalue weighted by molar-refractivity contribution is 5.36. The number of nitrogens with two attached hydrogens (primary N) is 1. The molecule has 0 unspecified atom stereocenters. The first-order valence-electron chi connectivity index (χ1n) is 7.89. The molecule has 0 atom stereocenters. The van der Waals surface area contributed by atoms with Gasteiger partial charge < -0.3 is 5.73 Å². The summed E-state index contributed by atoms with van der Waals surface area (Å²) >= 11 is 0. The minimum Gasteiger partial charge on any atom is -0.384 e. The number of aryl methyl sites for hydroxylation is 1. The fourth-order valence-corrected chi connectivity index (χ4v) is 5.45. The highest BCUT2D eigenvalue weighted by Crippen LogP contribution is 2.60. The molecule has 20 heavy (non-hydrogen) atoms. The van der Waals surface area contributed by atoms with Gasteiger partial charge in [-0.3, -0.25) is 0 Å². The van der Waals surface area contributed by atoms with Crippen LogP contribution in [0.2, 0.25) is 0 Å². The molecule has 1 aromatic heterocycles. The molecule has 1 aromatic rings. The number of nitrogen functional groups attached to an aromatic ring is 1. The highest BCUT2D eigenvalue weighted by Gasteiger charge is 2.52. The Kier molecular flexibility index (Phi) is 2.60. The Balaban J connectivity index is 1.65. The molecule has 4 fully saturated rings. The standard InChI is InChI=1S/C16H22N4/c17-2-1-3-20-15(18)7-14(19-20)16-8-11-4-12(9-16)6-13(5-11)10-16/h7,11-13H,1,3-6,8-10,18H2. The number of hydrogen-bond donors (Lipinski definition) is 1. The maximum absolute atomic E-state index is 8.72. The first-order chi connectivity index (χ1) is 9.68. The number of nitriles is 1. The van der Waals surface area contributed by atoms with Crippen molar-refractivity contribution in [3.05, 3.63) is 11.8 Å². The molecule has 4 aliphatic carbocycles. The number of aromatic nitrogens is 2. The lowest BCUT2D eigenvalue weighted by atomic mass is 9.49. The predicted octanol–water partition coefficient (Wildman–Crippen LogP) is 2.85. The Bertz CT molecular complexity index is 530. The summed E-state index contributed by atoms with van der Waals surface area (Å²) in [5, 5.41) is 13.5. The maximum Gasteiger partial charge on any atom is 0.121 e. The summed E-state index contributed by atoms with van der Waals surface area (Å²) in [6.45, 7) is 0.620. The van der Waals surface area contributed by atoms with Crippen LogP contribution < -0.4 is 5.73 Å². The van der Waals surface area contributed by atoms with E-state index in [1.54, 1.807) is 0 Å². The third-order valence-corrected chi connectivity index (χ3v) is 5.83. The number of hydrogen-bond acceptors (Lipinski definition) is 3. The van der Waals surface area contributed by atoms with Crippen molar-refractivity contribution < 1.29 is 0 Å². The molecule has 4 nitrogen and oxygen atoms in total. The molecule has 0 aliphatic heterocycles. The second-order valence-corrected chi connectivity index (χ2v) is 7.28. The van der Waals surface area contributed by atoms with Crippen molar-refractivity contribution in [3.63, 3.8) is 0 Å². The van der Waals surface area contributed by atoms with E-state index in [0.717, 1.165) is 23.6 Å². The topological polar surface area (TPSA) is 67.6 Å². The zero-order valence-corrected chi connectivity index (χ0v) is 11.9. The highest BCUT2D eigenvalue weighted by atomic mass is 15.3. The van der Waals surface area contributed by atoms with E-state index >= 15 is 0 Å². The number of anilines is 1. The quantitative estimate of drug-likeness (QED) is 0.918. The first kappa shape index (κ1) is 12.3. The third-order valence-electron chi connectivity index (χ3n) is 5.83. The predicted molar refractivity (Wildman–Crippen MR) is 76.7 cm³/mol. The van der Waals surface area contributed by atoms with Crippen molar-refractivity contribution in [2.45, 2.75) is 56.9 Å². The van der Waals surface area contributed by atoms with E-state index in [4.69, 9.17) is 16.1 Å². The summed E-state index contributed by atoms with van der Waals surface area (Å²) in [5.74, 6) is 3.50. The first-order valence-corrected chi connectivity index (χ1v) is 7.89. The van der Waals surface area contributed by atoms with Gasteiger partial charge in [-0.2, -0.15) is 10.4 Å². The van der Waals surface area contributed by atoms with Gasteiger partial charge in [-0.1, -0.05) is 0 Å². The number of nitrogens with zero attached hydrogens (tertiary/aromatic N) is 3. The van der Waals surface area contributed by atoms with Gasteiger partial charge in [0, 0.05) is 11.5 Å². The van der Waals surface area contributed by atoms with Gasteiger partial charge in [0.2, 0.25) is 0 Å². The minimum atomic E-state index is 0.306. The molecule has 1 heterocycles.